The lowest BCUT2D eigenvalue weighted by atomic mass is 9.81. The standard InChI is InChI=1S/C15H19NS2/c1-10-6-8-18-15(10)14(16-2)12-4-3-5-13-11(12)7-9-17-13/h6-9,12,14,16H,3-5H2,1-2H3. The summed E-state index contributed by atoms with van der Waals surface area (Å²) in [6.07, 6.45) is 3.93. The molecule has 0 aromatic carbocycles. The maximum atomic E-state index is 3.56. The van der Waals surface area contributed by atoms with Gasteiger partial charge in [-0.25, -0.2) is 0 Å². The molecule has 3 heteroatoms. The highest BCUT2D eigenvalue weighted by Crippen LogP contribution is 2.43. The van der Waals surface area contributed by atoms with Crippen molar-refractivity contribution in [1.82, 2.24) is 5.32 Å². The van der Waals surface area contributed by atoms with Gasteiger partial charge in [-0.05, 0) is 67.3 Å². The number of thiophene rings is 2. The summed E-state index contributed by atoms with van der Waals surface area (Å²) in [5.74, 6) is 0.655. The molecule has 0 radical (unpaired) electrons. The van der Waals surface area contributed by atoms with Crippen molar-refractivity contribution in [2.24, 2.45) is 0 Å². The summed E-state index contributed by atoms with van der Waals surface area (Å²) >= 11 is 3.83. The second-order valence-corrected chi connectivity index (χ2v) is 6.98. The first kappa shape index (κ1) is 12.4. The third-order valence-electron chi connectivity index (χ3n) is 4.00. The maximum Gasteiger partial charge on any atom is 0.0485 e. The van der Waals surface area contributed by atoms with Crippen molar-refractivity contribution in [3.8, 4) is 0 Å². The van der Waals surface area contributed by atoms with E-state index in [-0.39, 0.29) is 0 Å². The van der Waals surface area contributed by atoms with Crippen molar-refractivity contribution in [2.75, 3.05) is 7.05 Å². The maximum absolute atomic E-state index is 3.56. The Morgan fingerprint density at radius 1 is 1.28 bits per heavy atom. The van der Waals surface area contributed by atoms with Gasteiger partial charge in [-0.1, -0.05) is 0 Å². The van der Waals surface area contributed by atoms with Crippen LogP contribution in [0.15, 0.2) is 22.9 Å². The minimum atomic E-state index is 0.485. The molecule has 2 heterocycles. The van der Waals surface area contributed by atoms with Gasteiger partial charge < -0.3 is 5.32 Å². The van der Waals surface area contributed by atoms with Crippen LogP contribution in [0.3, 0.4) is 0 Å². The quantitative estimate of drug-likeness (QED) is 0.871. The first-order chi connectivity index (χ1) is 8.81. The molecule has 0 bridgehead atoms. The fourth-order valence-electron chi connectivity index (χ4n) is 3.09. The summed E-state index contributed by atoms with van der Waals surface area (Å²) in [5.41, 5.74) is 3.03. The minimum Gasteiger partial charge on any atom is -0.312 e. The van der Waals surface area contributed by atoms with Crippen LogP contribution in [0.2, 0.25) is 0 Å². The normalized spacial score (nSPS) is 20.7. The molecular weight excluding hydrogens is 258 g/mol. The second-order valence-electron chi connectivity index (χ2n) is 5.03. The highest BCUT2D eigenvalue weighted by molar-refractivity contribution is 7.10. The van der Waals surface area contributed by atoms with Crippen LogP contribution in [0.5, 0.6) is 0 Å². The molecule has 2 unspecified atom stereocenters. The lowest BCUT2D eigenvalue weighted by Gasteiger charge is -2.30. The Morgan fingerprint density at radius 3 is 2.83 bits per heavy atom. The van der Waals surface area contributed by atoms with E-state index in [0.717, 1.165) is 0 Å². The highest BCUT2D eigenvalue weighted by Gasteiger charge is 2.30. The van der Waals surface area contributed by atoms with Crippen molar-refractivity contribution in [2.45, 2.75) is 38.1 Å². The highest BCUT2D eigenvalue weighted by atomic mass is 32.1. The van der Waals surface area contributed by atoms with Gasteiger partial charge in [0.25, 0.3) is 0 Å². The molecule has 0 fully saturated rings. The average Bonchev–Trinajstić information content (AvgIpc) is 3.00. The van der Waals surface area contributed by atoms with E-state index >= 15 is 0 Å². The largest absolute Gasteiger partial charge is 0.312 e. The molecule has 0 saturated carbocycles. The van der Waals surface area contributed by atoms with E-state index < -0.39 is 0 Å². The van der Waals surface area contributed by atoms with E-state index in [1.807, 2.05) is 22.7 Å². The number of fused-ring (bicyclic) bond motifs is 1. The molecule has 0 amide bonds. The number of aryl methyl sites for hydroxylation is 2. The number of nitrogens with one attached hydrogen (secondary N) is 1. The Labute approximate surface area is 117 Å². The van der Waals surface area contributed by atoms with Gasteiger partial charge in [0.2, 0.25) is 0 Å². The summed E-state index contributed by atoms with van der Waals surface area (Å²) in [6.45, 7) is 2.23. The van der Waals surface area contributed by atoms with Gasteiger partial charge in [-0.15, -0.1) is 22.7 Å². The Balaban J connectivity index is 1.97. The molecule has 3 rings (SSSR count). The van der Waals surface area contributed by atoms with E-state index in [1.165, 1.54) is 29.7 Å². The summed E-state index contributed by atoms with van der Waals surface area (Å²) in [5, 5.41) is 8.04. The van der Waals surface area contributed by atoms with Crippen LogP contribution in [0.4, 0.5) is 0 Å². The Hall–Kier alpha value is -0.640. The molecule has 0 saturated heterocycles. The number of hydrogen-bond donors (Lipinski definition) is 1. The molecule has 1 nitrogen and oxygen atoms in total. The zero-order chi connectivity index (χ0) is 12.5. The van der Waals surface area contributed by atoms with Crippen molar-refractivity contribution >= 4 is 22.7 Å². The van der Waals surface area contributed by atoms with Gasteiger partial charge in [0.1, 0.15) is 0 Å². The van der Waals surface area contributed by atoms with Gasteiger partial charge in [0, 0.05) is 21.7 Å². The first-order valence-corrected chi connectivity index (χ1v) is 8.34. The summed E-state index contributed by atoms with van der Waals surface area (Å²) in [4.78, 5) is 3.13. The molecule has 1 N–H and O–H groups in total. The fourth-order valence-corrected chi connectivity index (χ4v) is 5.18. The van der Waals surface area contributed by atoms with Crippen molar-refractivity contribution in [1.29, 1.82) is 0 Å². The lowest BCUT2D eigenvalue weighted by molar-refractivity contribution is 0.432. The summed E-state index contributed by atoms with van der Waals surface area (Å²) in [6, 6.07) is 5.07. The lowest BCUT2D eigenvalue weighted by Crippen LogP contribution is -2.25. The monoisotopic (exact) mass is 277 g/mol. The minimum absolute atomic E-state index is 0.485. The van der Waals surface area contributed by atoms with Crippen LogP contribution < -0.4 is 5.32 Å². The Bertz CT molecular complexity index is 526. The topological polar surface area (TPSA) is 12.0 Å². The molecule has 1 aliphatic rings. The predicted octanol–water partition coefficient (Wildman–Crippen LogP) is 4.50. The molecule has 96 valence electrons. The third-order valence-corrected chi connectivity index (χ3v) is 6.09. The molecule has 0 aliphatic heterocycles. The molecule has 2 aromatic rings. The van der Waals surface area contributed by atoms with Gasteiger partial charge in [0.15, 0.2) is 0 Å². The van der Waals surface area contributed by atoms with Crippen molar-refractivity contribution in [3.05, 3.63) is 43.8 Å². The number of likely N-dealkylation sites (N-methyl/N-ethyl adjacent to an activating group) is 1. The second kappa shape index (κ2) is 5.16. The van der Waals surface area contributed by atoms with Crippen LogP contribution >= 0.6 is 22.7 Å². The smallest absolute Gasteiger partial charge is 0.0485 e. The van der Waals surface area contributed by atoms with Gasteiger partial charge in [0.05, 0.1) is 0 Å². The van der Waals surface area contributed by atoms with Crippen molar-refractivity contribution in [3.63, 3.8) is 0 Å². The van der Waals surface area contributed by atoms with E-state index in [2.05, 4.69) is 42.2 Å². The zero-order valence-corrected chi connectivity index (χ0v) is 12.5. The average molecular weight is 277 g/mol. The van der Waals surface area contributed by atoms with Crippen LogP contribution in [0, 0.1) is 6.92 Å². The van der Waals surface area contributed by atoms with Crippen LogP contribution in [0.25, 0.3) is 0 Å². The van der Waals surface area contributed by atoms with Crippen molar-refractivity contribution < 1.29 is 0 Å². The van der Waals surface area contributed by atoms with Gasteiger partial charge in [-0.2, -0.15) is 0 Å². The Kier molecular flexibility index (Phi) is 3.55. The van der Waals surface area contributed by atoms with Gasteiger partial charge in [-0.3, -0.25) is 0 Å². The van der Waals surface area contributed by atoms with Crippen LogP contribution in [-0.4, -0.2) is 7.05 Å². The SMILES string of the molecule is CNC(c1sccc1C)C1CCCc2sccc21. The van der Waals surface area contributed by atoms with E-state index in [9.17, 15) is 0 Å². The van der Waals surface area contributed by atoms with E-state index in [4.69, 9.17) is 0 Å². The Morgan fingerprint density at radius 2 is 2.11 bits per heavy atom. The molecule has 1 aliphatic carbocycles. The van der Waals surface area contributed by atoms with E-state index in [1.54, 1.807) is 10.4 Å². The third kappa shape index (κ3) is 2.04. The van der Waals surface area contributed by atoms with E-state index in [0.29, 0.717) is 12.0 Å². The first-order valence-electron chi connectivity index (χ1n) is 6.58. The molecule has 0 spiro atoms. The molecular formula is C15H19NS2. The zero-order valence-electron chi connectivity index (χ0n) is 10.9. The number of rotatable bonds is 3. The van der Waals surface area contributed by atoms with Crippen LogP contribution in [0.1, 0.15) is 45.7 Å². The fraction of sp³-hybridized carbons (Fsp3) is 0.467. The molecule has 18 heavy (non-hydrogen) atoms. The number of hydrogen-bond acceptors (Lipinski definition) is 3. The summed E-state index contributed by atoms with van der Waals surface area (Å²) in [7, 11) is 2.10. The summed E-state index contributed by atoms with van der Waals surface area (Å²) < 4.78 is 0. The molecule has 2 aromatic heterocycles. The predicted molar refractivity (Wildman–Crippen MR) is 80.9 cm³/mol. The van der Waals surface area contributed by atoms with Crippen LogP contribution in [-0.2, 0) is 6.42 Å². The van der Waals surface area contributed by atoms with Gasteiger partial charge >= 0.3 is 0 Å². The molecule has 2 atom stereocenters.